The van der Waals surface area contributed by atoms with Crippen molar-refractivity contribution in [1.29, 1.82) is 0 Å². The summed E-state index contributed by atoms with van der Waals surface area (Å²) in [5.41, 5.74) is 7.51. The maximum Gasteiger partial charge on any atom is 0.250 e. The Morgan fingerprint density at radius 3 is 2.69 bits per heavy atom. The Kier molecular flexibility index (Phi) is 14.5. The van der Waals surface area contributed by atoms with Crippen LogP contribution in [0, 0.1) is 0 Å². The molecule has 67 heavy (non-hydrogen) atoms. The number of likely N-dealkylation sites (N-methyl/N-ethyl adjacent to an activating group) is 2. The van der Waals surface area contributed by atoms with Crippen LogP contribution >= 0.6 is 0 Å². The van der Waals surface area contributed by atoms with Crippen molar-refractivity contribution in [3.63, 3.8) is 0 Å². The molecular formula is C50H61N13O4. The van der Waals surface area contributed by atoms with E-state index in [2.05, 4.69) is 83.2 Å². The fraction of sp³-hybridized carbons (Fsp3) is 0.360. The molecule has 0 radical (unpaired) electrons. The Hall–Kier alpha value is -7.24. The number of methoxy groups -OCH3 is 1. The summed E-state index contributed by atoms with van der Waals surface area (Å²) in [6, 6.07) is 19.5. The molecule has 5 aromatic heterocycles. The molecule has 1 aliphatic heterocycles. The highest BCUT2D eigenvalue weighted by molar-refractivity contribution is 6.02. The number of carbonyl (C=O) groups excluding carboxylic acids is 1. The summed E-state index contributed by atoms with van der Waals surface area (Å²) < 4.78 is 11.6. The van der Waals surface area contributed by atoms with Gasteiger partial charge in [-0.25, -0.2) is 15.0 Å². The zero-order valence-electron chi connectivity index (χ0n) is 39.1. The number of amides is 1. The lowest BCUT2D eigenvalue weighted by molar-refractivity contribution is -0.111. The van der Waals surface area contributed by atoms with Crippen molar-refractivity contribution in [2.45, 2.75) is 58.2 Å². The zero-order chi connectivity index (χ0) is 47.0. The Balaban J connectivity index is 0.925. The Morgan fingerprint density at radius 1 is 1.03 bits per heavy atom. The van der Waals surface area contributed by atoms with Gasteiger partial charge in [0.05, 0.1) is 36.1 Å². The van der Waals surface area contributed by atoms with Crippen LogP contribution in [0.1, 0.15) is 43.7 Å². The van der Waals surface area contributed by atoms with E-state index in [1.807, 2.05) is 74.5 Å². The highest BCUT2D eigenvalue weighted by Gasteiger charge is 2.25. The first-order valence-electron chi connectivity index (χ1n) is 22.9. The fourth-order valence-electron chi connectivity index (χ4n) is 8.82. The van der Waals surface area contributed by atoms with E-state index in [9.17, 15) is 14.7 Å². The average Bonchev–Trinajstić information content (AvgIpc) is 3.93. The lowest BCUT2D eigenvalue weighted by atomic mass is 9.99. The van der Waals surface area contributed by atoms with Crippen LogP contribution in [0.3, 0.4) is 0 Å². The van der Waals surface area contributed by atoms with Gasteiger partial charge in [0.15, 0.2) is 5.65 Å². The Labute approximate surface area is 390 Å². The third-order valence-corrected chi connectivity index (χ3v) is 12.6. The molecule has 4 N–H and O–H groups in total. The Morgan fingerprint density at radius 2 is 1.88 bits per heavy atom. The monoisotopic (exact) mass is 907 g/mol. The lowest BCUT2D eigenvalue weighted by Crippen LogP contribution is -2.40. The van der Waals surface area contributed by atoms with Crippen LogP contribution in [0.5, 0.6) is 5.75 Å². The minimum Gasteiger partial charge on any atom is -0.494 e. The van der Waals surface area contributed by atoms with E-state index >= 15 is 0 Å². The lowest BCUT2D eigenvalue weighted by Gasteiger charge is -2.36. The van der Waals surface area contributed by atoms with E-state index < -0.39 is 0 Å². The van der Waals surface area contributed by atoms with Gasteiger partial charge in [0.25, 0.3) is 5.56 Å². The molecule has 1 saturated heterocycles. The fourth-order valence-corrected chi connectivity index (χ4v) is 8.82. The number of piperidine rings is 1. The van der Waals surface area contributed by atoms with Gasteiger partial charge in [0, 0.05) is 125 Å². The number of benzene rings is 2. The molecule has 0 unspecified atom stereocenters. The summed E-state index contributed by atoms with van der Waals surface area (Å²) in [6.07, 6.45) is 13.6. The highest BCUT2D eigenvalue weighted by atomic mass is 16.5. The third-order valence-electron chi connectivity index (χ3n) is 12.6. The Bertz CT molecular complexity index is 2920. The molecule has 7 aromatic rings. The number of anilines is 6. The number of aromatic nitrogens is 7. The van der Waals surface area contributed by atoms with Crippen molar-refractivity contribution in [3.8, 4) is 17.0 Å². The molecule has 1 fully saturated rings. The first kappa shape index (κ1) is 46.3. The third kappa shape index (κ3) is 10.4. The van der Waals surface area contributed by atoms with Crippen LogP contribution in [0.15, 0.2) is 103 Å². The van der Waals surface area contributed by atoms with Crippen LogP contribution in [0.4, 0.5) is 34.6 Å². The SMILES string of the molecule is C=CC(=O)Nc1cc(Nc2nccc(-c3cn(C)c4ccccc34)n2)c(OC)cc1N(C)CCN(C)CCn1cc(CNc2cc(N3CCCC[C@H]3CCO)nc3c(CC)cnn23)ccc1=O. The van der Waals surface area contributed by atoms with E-state index in [4.69, 9.17) is 14.7 Å². The summed E-state index contributed by atoms with van der Waals surface area (Å²) in [5.74, 6) is 2.27. The number of aliphatic hydroxyl groups excluding tert-OH is 1. The van der Waals surface area contributed by atoms with Gasteiger partial charge in [-0.2, -0.15) is 9.61 Å². The second kappa shape index (κ2) is 20.9. The maximum absolute atomic E-state index is 13.1. The van der Waals surface area contributed by atoms with Gasteiger partial charge in [0.2, 0.25) is 11.9 Å². The standard InChI is InChI=1S/C50H61N13O4/c1-7-35-31-53-63-45(29-46(57-49(35)63)62-21-12-11-13-36(62)19-26-64)52-30-34-16-17-48(66)61(32-34)25-23-58(3)22-24-59(4)43-28-44(67-6)41(27-40(43)54-47(65)8-2)56-50-51-20-18-39(55-50)38-33-60(5)42-15-10-9-14-37(38)42/h8-10,14-18,20,27-29,31-33,36,52,64H,2,7,11-13,19,21-26,30H2,1,3-6H3,(H,54,65)(H,51,55,56)/t36-/m0/s1. The number of rotatable bonds is 20. The molecule has 0 spiro atoms. The number of pyridine rings is 1. The number of aliphatic hydroxyl groups is 1. The molecule has 0 saturated carbocycles. The smallest absolute Gasteiger partial charge is 0.250 e. The molecule has 0 aliphatic carbocycles. The summed E-state index contributed by atoms with van der Waals surface area (Å²) in [6.45, 7) is 9.68. The van der Waals surface area contributed by atoms with Crippen molar-refractivity contribution in [3.05, 3.63) is 120 Å². The van der Waals surface area contributed by atoms with Crippen molar-refractivity contribution in [1.82, 2.24) is 38.6 Å². The molecule has 350 valence electrons. The minimum atomic E-state index is -0.351. The number of hydrogen-bond acceptors (Lipinski definition) is 13. The van der Waals surface area contributed by atoms with Crippen molar-refractivity contribution in [2.75, 3.05) is 79.7 Å². The van der Waals surface area contributed by atoms with Crippen molar-refractivity contribution >= 4 is 57.1 Å². The van der Waals surface area contributed by atoms with E-state index in [0.717, 1.165) is 88.5 Å². The first-order valence-corrected chi connectivity index (χ1v) is 22.9. The van der Waals surface area contributed by atoms with Crippen LogP contribution < -0.4 is 36.0 Å². The molecule has 17 heteroatoms. The number of ether oxygens (including phenoxy) is 1. The normalized spacial score (nSPS) is 13.9. The second-order valence-corrected chi connectivity index (χ2v) is 17.1. The van der Waals surface area contributed by atoms with Crippen molar-refractivity contribution < 1.29 is 14.6 Å². The van der Waals surface area contributed by atoms with E-state index in [-0.39, 0.29) is 24.1 Å². The van der Waals surface area contributed by atoms with Gasteiger partial charge in [-0.05, 0) is 69.0 Å². The number of nitrogens with one attached hydrogen (secondary N) is 3. The van der Waals surface area contributed by atoms with E-state index in [1.54, 1.807) is 23.9 Å². The number of aryl methyl sites for hydroxylation is 2. The summed E-state index contributed by atoms with van der Waals surface area (Å²) >= 11 is 0. The summed E-state index contributed by atoms with van der Waals surface area (Å²) in [7, 11) is 7.60. The van der Waals surface area contributed by atoms with Gasteiger partial charge in [-0.3, -0.25) is 9.59 Å². The van der Waals surface area contributed by atoms with Gasteiger partial charge < -0.3 is 49.6 Å². The first-order chi connectivity index (χ1) is 32.6. The van der Waals surface area contributed by atoms with Crippen LogP contribution in [0.25, 0.3) is 27.8 Å². The van der Waals surface area contributed by atoms with Gasteiger partial charge >= 0.3 is 0 Å². The predicted molar refractivity (Wildman–Crippen MR) is 267 cm³/mol. The molecule has 1 amide bonds. The molecular weight excluding hydrogens is 847 g/mol. The second-order valence-electron chi connectivity index (χ2n) is 17.1. The van der Waals surface area contributed by atoms with Gasteiger partial charge in [0.1, 0.15) is 17.4 Å². The number of hydrogen-bond donors (Lipinski definition) is 4. The number of para-hydroxylation sites is 1. The highest BCUT2D eigenvalue weighted by Crippen LogP contribution is 2.38. The quantitative estimate of drug-likeness (QED) is 0.0596. The predicted octanol–water partition coefficient (Wildman–Crippen LogP) is 6.70. The topological polar surface area (TPSA) is 175 Å². The molecule has 1 atom stereocenters. The summed E-state index contributed by atoms with van der Waals surface area (Å²) in [5, 5.41) is 25.4. The molecule has 0 bridgehead atoms. The summed E-state index contributed by atoms with van der Waals surface area (Å²) in [4.78, 5) is 46.8. The number of nitrogens with zero attached hydrogens (tertiary/aromatic N) is 10. The van der Waals surface area contributed by atoms with E-state index in [1.165, 1.54) is 6.08 Å². The van der Waals surface area contributed by atoms with E-state index in [0.29, 0.717) is 62.2 Å². The maximum atomic E-state index is 13.1. The minimum absolute atomic E-state index is 0.0726. The molecule has 6 heterocycles. The molecule has 17 nitrogen and oxygen atoms in total. The molecule has 2 aromatic carbocycles. The van der Waals surface area contributed by atoms with Crippen LogP contribution in [-0.2, 0) is 31.4 Å². The number of carbonyl (C=O) groups is 1. The van der Waals surface area contributed by atoms with Crippen LogP contribution in [0.2, 0.25) is 0 Å². The van der Waals surface area contributed by atoms with Gasteiger partial charge in [-0.15, -0.1) is 0 Å². The van der Waals surface area contributed by atoms with Gasteiger partial charge in [-0.1, -0.05) is 37.8 Å². The number of fused-ring (bicyclic) bond motifs is 2. The zero-order valence-corrected chi connectivity index (χ0v) is 39.1. The molecule has 8 rings (SSSR count). The molecule has 1 aliphatic rings. The van der Waals surface area contributed by atoms with Crippen molar-refractivity contribution in [2.24, 2.45) is 7.05 Å². The largest absolute Gasteiger partial charge is 0.494 e. The average molecular weight is 908 g/mol. The van der Waals surface area contributed by atoms with Crippen LogP contribution in [-0.4, -0.2) is 110 Å².